The summed E-state index contributed by atoms with van der Waals surface area (Å²) in [5, 5.41) is 0. The summed E-state index contributed by atoms with van der Waals surface area (Å²) in [6, 6.07) is 10.0. The molecule has 0 N–H and O–H groups in total. The SMILES string of the molecule is COC1(c2cccc(C(=O)N3CC4CN(c5ccc(C(F)(F)F)cn5)CC4C3)c2)COC1. The average Bonchev–Trinajstić information content (AvgIpc) is 3.32. The maximum absolute atomic E-state index is 13.2. The lowest BCUT2D eigenvalue weighted by molar-refractivity contribution is -0.202. The number of ether oxygens (including phenoxy) is 2. The van der Waals surface area contributed by atoms with Crippen molar-refractivity contribution in [3.05, 3.63) is 59.3 Å². The predicted octanol–water partition coefficient (Wildman–Crippen LogP) is 3.18. The van der Waals surface area contributed by atoms with Crippen molar-refractivity contribution < 1.29 is 27.4 Å². The monoisotopic (exact) mass is 447 g/mol. The molecule has 2 atom stereocenters. The van der Waals surface area contributed by atoms with Crippen LogP contribution in [0.1, 0.15) is 21.5 Å². The molecule has 1 aromatic heterocycles. The van der Waals surface area contributed by atoms with Gasteiger partial charge in [0.15, 0.2) is 0 Å². The van der Waals surface area contributed by atoms with Crippen LogP contribution in [0.2, 0.25) is 0 Å². The number of fused-ring (bicyclic) bond motifs is 1. The Labute approximate surface area is 183 Å². The van der Waals surface area contributed by atoms with E-state index in [-0.39, 0.29) is 17.7 Å². The number of anilines is 1. The van der Waals surface area contributed by atoms with Crippen LogP contribution in [0.25, 0.3) is 0 Å². The molecule has 1 aromatic carbocycles. The highest BCUT2D eigenvalue weighted by Crippen LogP contribution is 2.36. The van der Waals surface area contributed by atoms with Crippen LogP contribution < -0.4 is 4.90 Å². The number of alkyl halides is 3. The number of halogens is 3. The van der Waals surface area contributed by atoms with E-state index < -0.39 is 17.3 Å². The minimum absolute atomic E-state index is 0.00745. The maximum Gasteiger partial charge on any atom is 0.417 e. The zero-order valence-corrected chi connectivity index (χ0v) is 17.6. The van der Waals surface area contributed by atoms with Gasteiger partial charge in [-0.05, 0) is 29.8 Å². The minimum Gasteiger partial charge on any atom is -0.375 e. The Morgan fingerprint density at radius 3 is 2.38 bits per heavy atom. The Morgan fingerprint density at radius 1 is 1.12 bits per heavy atom. The van der Waals surface area contributed by atoms with Gasteiger partial charge in [0.1, 0.15) is 11.4 Å². The van der Waals surface area contributed by atoms with Gasteiger partial charge in [0.05, 0.1) is 18.8 Å². The number of pyridine rings is 1. The quantitative estimate of drug-likeness (QED) is 0.721. The van der Waals surface area contributed by atoms with Crippen molar-refractivity contribution in [3.63, 3.8) is 0 Å². The highest BCUT2D eigenvalue weighted by Gasteiger charge is 2.43. The molecule has 0 spiro atoms. The number of likely N-dealkylation sites (tertiary alicyclic amines) is 1. The second-order valence-electron chi connectivity index (χ2n) is 8.81. The number of aromatic nitrogens is 1. The second-order valence-corrected chi connectivity index (χ2v) is 8.81. The van der Waals surface area contributed by atoms with Crippen molar-refractivity contribution in [2.24, 2.45) is 11.8 Å². The van der Waals surface area contributed by atoms with Crippen LogP contribution in [0.4, 0.5) is 19.0 Å². The number of carbonyl (C=O) groups excluding carboxylic acids is 1. The Kier molecular flexibility index (Phi) is 5.13. The van der Waals surface area contributed by atoms with Crippen molar-refractivity contribution >= 4 is 11.7 Å². The van der Waals surface area contributed by atoms with Crippen LogP contribution in [0.5, 0.6) is 0 Å². The summed E-state index contributed by atoms with van der Waals surface area (Å²) < 4.78 is 49.3. The molecule has 2 aromatic rings. The van der Waals surface area contributed by atoms with E-state index >= 15 is 0 Å². The molecule has 0 aliphatic carbocycles. The summed E-state index contributed by atoms with van der Waals surface area (Å²) >= 11 is 0. The van der Waals surface area contributed by atoms with Crippen LogP contribution in [0.3, 0.4) is 0 Å². The van der Waals surface area contributed by atoms with Crippen molar-refractivity contribution in [1.82, 2.24) is 9.88 Å². The molecule has 6 nitrogen and oxygen atoms in total. The van der Waals surface area contributed by atoms with E-state index in [4.69, 9.17) is 9.47 Å². The third-order valence-corrected chi connectivity index (χ3v) is 6.87. The molecule has 0 bridgehead atoms. The first-order valence-corrected chi connectivity index (χ1v) is 10.6. The number of amides is 1. The van der Waals surface area contributed by atoms with Crippen molar-refractivity contribution in [2.45, 2.75) is 11.8 Å². The van der Waals surface area contributed by atoms with Gasteiger partial charge in [0, 0.05) is 56.9 Å². The molecule has 0 radical (unpaired) electrons. The highest BCUT2D eigenvalue weighted by atomic mass is 19.4. The topological polar surface area (TPSA) is 54.9 Å². The Bertz CT molecular complexity index is 988. The normalized spacial score (nSPS) is 24.4. The van der Waals surface area contributed by atoms with Crippen molar-refractivity contribution in [1.29, 1.82) is 0 Å². The summed E-state index contributed by atoms with van der Waals surface area (Å²) in [6.45, 7) is 3.56. The third kappa shape index (κ3) is 3.63. The molecule has 3 fully saturated rings. The smallest absolute Gasteiger partial charge is 0.375 e. The lowest BCUT2D eigenvalue weighted by atomic mass is 9.90. The molecule has 32 heavy (non-hydrogen) atoms. The fraction of sp³-hybridized carbons (Fsp3) is 0.478. The van der Waals surface area contributed by atoms with E-state index in [1.807, 2.05) is 34.1 Å². The predicted molar refractivity (Wildman–Crippen MR) is 110 cm³/mol. The van der Waals surface area contributed by atoms with Crippen molar-refractivity contribution in [2.75, 3.05) is 51.4 Å². The number of rotatable bonds is 4. The maximum atomic E-state index is 13.2. The fourth-order valence-electron chi connectivity index (χ4n) is 4.89. The number of benzene rings is 1. The highest BCUT2D eigenvalue weighted by molar-refractivity contribution is 5.94. The van der Waals surface area contributed by atoms with Crippen LogP contribution in [-0.2, 0) is 21.3 Å². The van der Waals surface area contributed by atoms with Gasteiger partial charge in [-0.3, -0.25) is 4.79 Å². The standard InChI is InChI=1S/C23H24F3N3O3/c1-31-22(13-32-14-22)18-4-2-3-15(7-18)21(30)29-11-16-9-28(10-17(16)12-29)20-6-5-19(8-27-20)23(24,25)26/h2-8,16-17H,9-14H2,1H3. The molecule has 170 valence electrons. The van der Waals surface area contributed by atoms with Gasteiger partial charge in [-0.15, -0.1) is 0 Å². The van der Waals surface area contributed by atoms with Crippen LogP contribution in [0, 0.1) is 11.8 Å². The number of hydrogen-bond acceptors (Lipinski definition) is 5. The van der Waals surface area contributed by atoms with Crippen LogP contribution in [0.15, 0.2) is 42.6 Å². The Morgan fingerprint density at radius 2 is 1.84 bits per heavy atom. The molecule has 1 amide bonds. The van der Waals surface area contributed by atoms with Gasteiger partial charge in [0.25, 0.3) is 5.91 Å². The summed E-state index contributed by atoms with van der Waals surface area (Å²) in [4.78, 5) is 21.1. The Hall–Kier alpha value is -2.65. The first-order valence-electron chi connectivity index (χ1n) is 10.6. The van der Waals surface area contributed by atoms with Gasteiger partial charge < -0.3 is 19.3 Å². The van der Waals surface area contributed by atoms with Gasteiger partial charge in [0.2, 0.25) is 0 Å². The van der Waals surface area contributed by atoms with E-state index in [1.165, 1.54) is 6.07 Å². The molecule has 3 aliphatic rings. The zero-order chi connectivity index (χ0) is 22.5. The summed E-state index contributed by atoms with van der Waals surface area (Å²) in [6.07, 6.45) is -3.51. The lowest BCUT2D eigenvalue weighted by Crippen LogP contribution is -2.48. The zero-order valence-electron chi connectivity index (χ0n) is 17.6. The molecule has 0 saturated carbocycles. The second kappa shape index (κ2) is 7.74. The minimum atomic E-state index is -4.39. The first kappa shape index (κ1) is 21.2. The third-order valence-electron chi connectivity index (χ3n) is 6.87. The van der Waals surface area contributed by atoms with E-state index in [0.717, 1.165) is 17.8 Å². The van der Waals surface area contributed by atoms with Crippen molar-refractivity contribution in [3.8, 4) is 0 Å². The van der Waals surface area contributed by atoms with E-state index in [9.17, 15) is 18.0 Å². The molecule has 4 heterocycles. The fourth-order valence-corrected chi connectivity index (χ4v) is 4.89. The average molecular weight is 447 g/mol. The van der Waals surface area contributed by atoms with Crippen LogP contribution in [-0.4, -0.2) is 62.3 Å². The summed E-state index contributed by atoms with van der Waals surface area (Å²) in [5.41, 5.74) is 0.346. The number of carbonyl (C=O) groups is 1. The van der Waals surface area contributed by atoms with Gasteiger partial charge in [-0.1, -0.05) is 12.1 Å². The molecule has 3 aliphatic heterocycles. The number of nitrogens with zero attached hydrogens (tertiary/aromatic N) is 3. The summed E-state index contributed by atoms with van der Waals surface area (Å²) in [5.74, 6) is 1.09. The molecular formula is C23H24F3N3O3. The van der Waals surface area contributed by atoms with E-state index in [2.05, 4.69) is 4.98 Å². The molecule has 5 rings (SSSR count). The molecule has 9 heteroatoms. The van der Waals surface area contributed by atoms with E-state index in [1.54, 1.807) is 7.11 Å². The number of hydrogen-bond donors (Lipinski definition) is 0. The number of methoxy groups -OCH3 is 1. The molecular weight excluding hydrogens is 423 g/mol. The van der Waals surface area contributed by atoms with Gasteiger partial charge in [-0.25, -0.2) is 4.98 Å². The molecule has 2 unspecified atom stereocenters. The Balaban J connectivity index is 1.24. The summed E-state index contributed by atoms with van der Waals surface area (Å²) in [7, 11) is 1.65. The van der Waals surface area contributed by atoms with Gasteiger partial charge >= 0.3 is 6.18 Å². The van der Waals surface area contributed by atoms with Gasteiger partial charge in [-0.2, -0.15) is 13.2 Å². The van der Waals surface area contributed by atoms with Crippen LogP contribution >= 0.6 is 0 Å². The largest absolute Gasteiger partial charge is 0.417 e. The van der Waals surface area contributed by atoms with E-state index in [0.29, 0.717) is 50.8 Å². The molecule has 3 saturated heterocycles. The first-order chi connectivity index (χ1) is 15.3. The lowest BCUT2D eigenvalue weighted by Gasteiger charge is -2.40.